The number of carbonyl (C=O) groups is 1. The van der Waals surface area contributed by atoms with Crippen molar-refractivity contribution in [2.45, 2.75) is 50.5 Å². The minimum absolute atomic E-state index is 0.113. The van der Waals surface area contributed by atoms with Crippen molar-refractivity contribution in [3.05, 3.63) is 60.4 Å². The minimum Gasteiger partial charge on any atom is -0.335 e. The molecule has 1 aromatic carbocycles. The Kier molecular flexibility index (Phi) is 5.94. The first kappa shape index (κ1) is 19.6. The summed E-state index contributed by atoms with van der Waals surface area (Å²) in [4.78, 5) is 19.1. The lowest BCUT2D eigenvalue weighted by molar-refractivity contribution is -0.130. The largest absolute Gasteiger partial charge is 0.335 e. The smallest absolute Gasteiger partial charge is 0.233 e. The van der Waals surface area contributed by atoms with Crippen LogP contribution in [0.4, 0.5) is 0 Å². The van der Waals surface area contributed by atoms with E-state index in [0.29, 0.717) is 18.3 Å². The number of aromatic nitrogens is 4. The molecule has 7 heteroatoms. The van der Waals surface area contributed by atoms with Gasteiger partial charge in [-0.15, -0.1) is 10.2 Å². The molecular weight excluding hydrogens is 382 g/mol. The molecule has 1 fully saturated rings. The predicted octanol–water partition coefficient (Wildman–Crippen LogP) is 4.20. The van der Waals surface area contributed by atoms with Crippen molar-refractivity contribution < 1.29 is 4.79 Å². The van der Waals surface area contributed by atoms with Crippen LogP contribution in [0.25, 0.3) is 11.4 Å². The second kappa shape index (κ2) is 8.78. The van der Waals surface area contributed by atoms with E-state index in [-0.39, 0.29) is 11.9 Å². The van der Waals surface area contributed by atoms with Gasteiger partial charge >= 0.3 is 0 Å². The van der Waals surface area contributed by atoms with Gasteiger partial charge < -0.3 is 4.90 Å². The lowest BCUT2D eigenvalue weighted by Crippen LogP contribution is -2.37. The van der Waals surface area contributed by atoms with Crippen LogP contribution in [0.5, 0.6) is 0 Å². The van der Waals surface area contributed by atoms with Crippen molar-refractivity contribution in [2.75, 3.05) is 5.75 Å². The zero-order valence-corrected chi connectivity index (χ0v) is 17.5. The number of amides is 1. The van der Waals surface area contributed by atoms with Crippen molar-refractivity contribution in [1.29, 1.82) is 0 Å². The number of carbonyl (C=O) groups excluding carboxylic acids is 1. The highest BCUT2D eigenvalue weighted by molar-refractivity contribution is 7.99. The first-order valence-corrected chi connectivity index (χ1v) is 10.9. The van der Waals surface area contributed by atoms with Crippen molar-refractivity contribution >= 4 is 17.7 Å². The van der Waals surface area contributed by atoms with Gasteiger partial charge in [0.15, 0.2) is 11.0 Å². The zero-order chi connectivity index (χ0) is 20.2. The SMILES string of the molecule is CC(C)N(Cc1ccccc1)C(=O)CSc1nnc(-c2cccnc2)n1C1CC1. The molecule has 3 aromatic rings. The van der Waals surface area contributed by atoms with Gasteiger partial charge in [-0.3, -0.25) is 14.3 Å². The Hall–Kier alpha value is -2.67. The highest BCUT2D eigenvalue weighted by Crippen LogP contribution is 2.41. The van der Waals surface area contributed by atoms with Gasteiger partial charge in [0.2, 0.25) is 5.91 Å². The summed E-state index contributed by atoms with van der Waals surface area (Å²) in [6.45, 7) is 4.73. The molecule has 0 N–H and O–H groups in total. The summed E-state index contributed by atoms with van der Waals surface area (Å²) in [5.41, 5.74) is 2.09. The second-order valence-electron chi connectivity index (χ2n) is 7.54. The molecule has 0 atom stereocenters. The van der Waals surface area contributed by atoms with Gasteiger partial charge in [-0.1, -0.05) is 42.1 Å². The quantitative estimate of drug-likeness (QED) is 0.524. The van der Waals surface area contributed by atoms with Crippen molar-refractivity contribution in [2.24, 2.45) is 0 Å². The Morgan fingerprint density at radius 1 is 1.17 bits per heavy atom. The maximum atomic E-state index is 13.0. The Bertz CT molecular complexity index is 954. The van der Waals surface area contributed by atoms with E-state index in [0.717, 1.165) is 34.9 Å². The minimum atomic E-state index is 0.113. The number of hydrogen-bond donors (Lipinski definition) is 0. The average molecular weight is 408 g/mol. The summed E-state index contributed by atoms with van der Waals surface area (Å²) in [6, 6.07) is 14.6. The monoisotopic (exact) mass is 407 g/mol. The average Bonchev–Trinajstić information content (AvgIpc) is 3.50. The van der Waals surface area contributed by atoms with E-state index in [9.17, 15) is 4.79 Å². The Balaban J connectivity index is 1.48. The van der Waals surface area contributed by atoms with E-state index in [1.165, 1.54) is 11.8 Å². The Morgan fingerprint density at radius 3 is 2.62 bits per heavy atom. The number of nitrogens with zero attached hydrogens (tertiary/aromatic N) is 5. The summed E-state index contributed by atoms with van der Waals surface area (Å²) >= 11 is 1.47. The van der Waals surface area contributed by atoms with Gasteiger partial charge in [0.05, 0.1) is 5.75 Å². The molecule has 150 valence electrons. The van der Waals surface area contributed by atoms with E-state index >= 15 is 0 Å². The first-order valence-electron chi connectivity index (χ1n) is 9.95. The molecule has 4 rings (SSSR count). The topological polar surface area (TPSA) is 63.9 Å². The standard InChI is InChI=1S/C22H25N5OS/c1-16(2)26(14-17-7-4-3-5-8-17)20(28)15-29-22-25-24-21(27(22)19-10-11-19)18-9-6-12-23-13-18/h3-9,12-13,16,19H,10-11,14-15H2,1-2H3. The molecule has 0 aliphatic heterocycles. The number of rotatable bonds is 8. The second-order valence-corrected chi connectivity index (χ2v) is 8.48. The molecule has 0 radical (unpaired) electrons. The third-order valence-corrected chi connectivity index (χ3v) is 5.89. The highest BCUT2D eigenvalue weighted by atomic mass is 32.2. The van der Waals surface area contributed by atoms with E-state index < -0.39 is 0 Å². The molecule has 1 aliphatic carbocycles. The van der Waals surface area contributed by atoms with E-state index in [4.69, 9.17) is 0 Å². The molecule has 0 unspecified atom stereocenters. The molecular formula is C22H25N5OS. The Morgan fingerprint density at radius 2 is 1.97 bits per heavy atom. The third kappa shape index (κ3) is 4.67. The number of hydrogen-bond acceptors (Lipinski definition) is 5. The maximum absolute atomic E-state index is 13.0. The van der Waals surface area contributed by atoms with E-state index in [1.807, 2.05) is 41.4 Å². The van der Waals surface area contributed by atoms with Crippen LogP contribution in [0.15, 0.2) is 60.0 Å². The molecule has 0 spiro atoms. The molecule has 6 nitrogen and oxygen atoms in total. The fraction of sp³-hybridized carbons (Fsp3) is 0.364. The third-order valence-electron chi connectivity index (χ3n) is 4.96. The van der Waals surface area contributed by atoms with Crippen molar-refractivity contribution in [1.82, 2.24) is 24.6 Å². The van der Waals surface area contributed by atoms with E-state index in [2.05, 4.69) is 45.7 Å². The van der Waals surface area contributed by atoms with Crippen LogP contribution in [0.2, 0.25) is 0 Å². The normalized spacial score (nSPS) is 13.6. The van der Waals surface area contributed by atoms with Crippen LogP contribution in [0.3, 0.4) is 0 Å². The first-order chi connectivity index (χ1) is 14.1. The summed E-state index contributed by atoms with van der Waals surface area (Å²) in [5.74, 6) is 1.30. The van der Waals surface area contributed by atoms with Crippen molar-refractivity contribution in [3.63, 3.8) is 0 Å². The van der Waals surface area contributed by atoms with Crippen LogP contribution in [-0.4, -0.2) is 42.4 Å². The number of pyridine rings is 1. The summed E-state index contributed by atoms with van der Waals surface area (Å²) in [7, 11) is 0. The fourth-order valence-electron chi connectivity index (χ4n) is 3.28. The fourth-order valence-corrected chi connectivity index (χ4v) is 4.17. The van der Waals surface area contributed by atoms with Crippen LogP contribution >= 0.6 is 11.8 Å². The molecule has 1 amide bonds. The summed E-state index contributed by atoms with van der Waals surface area (Å²) in [6.07, 6.45) is 5.81. The van der Waals surface area contributed by atoms with Gasteiger partial charge in [0.1, 0.15) is 0 Å². The molecule has 0 bridgehead atoms. The maximum Gasteiger partial charge on any atom is 0.233 e. The van der Waals surface area contributed by atoms with Gasteiger partial charge in [-0.25, -0.2) is 0 Å². The number of benzene rings is 1. The van der Waals surface area contributed by atoms with Gasteiger partial charge in [-0.05, 0) is 44.4 Å². The lowest BCUT2D eigenvalue weighted by atomic mass is 10.2. The summed E-state index contributed by atoms with van der Waals surface area (Å²) in [5, 5.41) is 9.60. The van der Waals surface area contributed by atoms with Crippen molar-refractivity contribution in [3.8, 4) is 11.4 Å². The van der Waals surface area contributed by atoms with Crippen LogP contribution in [0.1, 0.15) is 38.3 Å². The van der Waals surface area contributed by atoms with Gasteiger partial charge in [0, 0.05) is 36.6 Å². The zero-order valence-electron chi connectivity index (χ0n) is 16.7. The molecule has 2 heterocycles. The van der Waals surface area contributed by atoms with E-state index in [1.54, 1.807) is 6.20 Å². The molecule has 29 heavy (non-hydrogen) atoms. The van der Waals surface area contributed by atoms with Crippen LogP contribution < -0.4 is 0 Å². The summed E-state index contributed by atoms with van der Waals surface area (Å²) < 4.78 is 2.17. The lowest BCUT2D eigenvalue weighted by Gasteiger charge is -2.26. The Labute approximate surface area is 175 Å². The van der Waals surface area contributed by atoms with Gasteiger partial charge in [-0.2, -0.15) is 0 Å². The highest BCUT2D eigenvalue weighted by Gasteiger charge is 2.30. The van der Waals surface area contributed by atoms with Crippen LogP contribution in [0, 0.1) is 0 Å². The molecule has 1 saturated carbocycles. The molecule has 0 saturated heterocycles. The molecule has 2 aromatic heterocycles. The molecule has 1 aliphatic rings. The predicted molar refractivity (Wildman–Crippen MR) is 114 cm³/mol. The van der Waals surface area contributed by atoms with Gasteiger partial charge in [0.25, 0.3) is 0 Å². The number of thioether (sulfide) groups is 1. The van der Waals surface area contributed by atoms with Crippen LogP contribution in [-0.2, 0) is 11.3 Å².